The zero-order valence-corrected chi connectivity index (χ0v) is 8.37. The molecule has 0 bridgehead atoms. The molecule has 6 heteroatoms. The van der Waals surface area contributed by atoms with Gasteiger partial charge in [-0.05, 0) is 12.1 Å². The van der Waals surface area contributed by atoms with Gasteiger partial charge in [0.15, 0.2) is 11.4 Å². The minimum absolute atomic E-state index is 0.385. The van der Waals surface area contributed by atoms with Crippen LogP contribution in [0.15, 0.2) is 34.9 Å². The van der Waals surface area contributed by atoms with E-state index in [-0.39, 0.29) is 0 Å². The fraction of sp³-hybridized carbons (Fsp3) is 0.100. The van der Waals surface area contributed by atoms with E-state index in [1.807, 2.05) is 24.3 Å². The van der Waals surface area contributed by atoms with Crippen molar-refractivity contribution >= 4 is 16.9 Å². The maximum absolute atomic E-state index is 5.54. The lowest BCUT2D eigenvalue weighted by atomic mass is 10.3. The topological polar surface area (TPSA) is 82.8 Å². The van der Waals surface area contributed by atoms with Gasteiger partial charge in [0, 0.05) is 0 Å². The van der Waals surface area contributed by atoms with Crippen molar-refractivity contribution in [3.05, 3.63) is 36.4 Å². The minimum Gasteiger partial charge on any atom is -0.439 e. The number of oxazole rings is 1. The van der Waals surface area contributed by atoms with Crippen LogP contribution in [-0.4, -0.2) is 20.0 Å². The van der Waals surface area contributed by atoms with Crippen LogP contribution in [0.1, 0.15) is 5.89 Å². The number of para-hydroxylation sites is 2. The van der Waals surface area contributed by atoms with Crippen molar-refractivity contribution in [2.24, 2.45) is 0 Å². The van der Waals surface area contributed by atoms with E-state index < -0.39 is 0 Å². The van der Waals surface area contributed by atoms with Crippen LogP contribution < -0.4 is 5.73 Å². The molecule has 2 heterocycles. The fourth-order valence-electron chi connectivity index (χ4n) is 1.52. The van der Waals surface area contributed by atoms with Crippen LogP contribution in [0.3, 0.4) is 0 Å². The molecular weight excluding hydrogens is 206 g/mol. The quantitative estimate of drug-likeness (QED) is 0.690. The Morgan fingerprint density at radius 2 is 2.19 bits per heavy atom. The van der Waals surface area contributed by atoms with Crippen molar-refractivity contribution in [3.63, 3.8) is 0 Å². The van der Waals surface area contributed by atoms with E-state index in [1.165, 1.54) is 0 Å². The summed E-state index contributed by atoms with van der Waals surface area (Å²) in [4.78, 5) is 4.32. The predicted octanol–water partition coefficient (Wildman–Crippen LogP) is 1.05. The molecule has 6 nitrogen and oxygen atoms in total. The van der Waals surface area contributed by atoms with Crippen LogP contribution in [0.5, 0.6) is 0 Å². The second kappa shape index (κ2) is 3.34. The summed E-state index contributed by atoms with van der Waals surface area (Å²) in [7, 11) is 0. The highest BCUT2D eigenvalue weighted by Crippen LogP contribution is 2.15. The second-order valence-corrected chi connectivity index (χ2v) is 3.42. The van der Waals surface area contributed by atoms with E-state index in [4.69, 9.17) is 10.2 Å². The number of nitrogen functional groups attached to an aromatic ring is 1. The first-order chi connectivity index (χ1) is 7.81. The molecule has 3 aromatic rings. The Balaban J connectivity index is 1.95. The van der Waals surface area contributed by atoms with Crippen LogP contribution >= 0.6 is 0 Å². The van der Waals surface area contributed by atoms with Crippen molar-refractivity contribution in [2.45, 2.75) is 6.54 Å². The van der Waals surface area contributed by atoms with Crippen molar-refractivity contribution in [1.29, 1.82) is 0 Å². The summed E-state index contributed by atoms with van der Waals surface area (Å²) >= 11 is 0. The first-order valence-corrected chi connectivity index (χ1v) is 4.81. The Kier molecular flexibility index (Phi) is 1.86. The average molecular weight is 215 g/mol. The molecule has 0 aliphatic rings. The van der Waals surface area contributed by atoms with Gasteiger partial charge in [0.05, 0.1) is 6.20 Å². The normalized spacial score (nSPS) is 11.0. The molecule has 0 aliphatic heterocycles. The third kappa shape index (κ3) is 1.50. The number of nitrogens with two attached hydrogens (primary N) is 1. The molecular formula is C10H9N5O. The number of fused-ring (bicyclic) bond motifs is 1. The lowest BCUT2D eigenvalue weighted by Crippen LogP contribution is -2.00. The summed E-state index contributed by atoms with van der Waals surface area (Å²) in [5.74, 6) is 0.974. The first-order valence-electron chi connectivity index (χ1n) is 4.81. The average Bonchev–Trinajstić information content (AvgIpc) is 2.84. The zero-order chi connectivity index (χ0) is 11.0. The standard InChI is InChI=1S/C10H9N5O/c11-9-5-15(14-13-9)6-10-12-7-3-1-2-4-8(7)16-10/h1-5H,6,11H2. The molecule has 0 unspecified atom stereocenters. The van der Waals surface area contributed by atoms with E-state index in [2.05, 4.69) is 15.3 Å². The van der Waals surface area contributed by atoms with Gasteiger partial charge in [-0.25, -0.2) is 9.67 Å². The largest absolute Gasteiger partial charge is 0.439 e. The third-order valence-corrected chi connectivity index (χ3v) is 2.19. The Morgan fingerprint density at radius 3 is 2.94 bits per heavy atom. The lowest BCUT2D eigenvalue weighted by molar-refractivity contribution is 0.485. The smallest absolute Gasteiger partial charge is 0.217 e. The third-order valence-electron chi connectivity index (χ3n) is 2.19. The SMILES string of the molecule is Nc1cn(Cc2nc3ccccc3o2)nn1. The van der Waals surface area contributed by atoms with Gasteiger partial charge in [-0.2, -0.15) is 0 Å². The van der Waals surface area contributed by atoms with Crippen molar-refractivity contribution in [2.75, 3.05) is 5.73 Å². The van der Waals surface area contributed by atoms with Gasteiger partial charge in [0.25, 0.3) is 0 Å². The number of anilines is 1. The Morgan fingerprint density at radius 1 is 1.31 bits per heavy atom. The summed E-state index contributed by atoms with van der Waals surface area (Å²) in [6, 6.07) is 7.60. The molecule has 0 radical (unpaired) electrons. The number of benzene rings is 1. The minimum atomic E-state index is 0.385. The number of nitrogens with zero attached hydrogens (tertiary/aromatic N) is 4. The molecule has 0 aliphatic carbocycles. The van der Waals surface area contributed by atoms with Gasteiger partial charge >= 0.3 is 0 Å². The molecule has 1 aromatic carbocycles. The summed E-state index contributed by atoms with van der Waals surface area (Å²) in [6.07, 6.45) is 1.63. The van der Waals surface area contributed by atoms with Gasteiger partial charge in [0.2, 0.25) is 5.89 Å². The molecule has 0 saturated heterocycles. The van der Waals surface area contributed by atoms with Gasteiger partial charge in [0.1, 0.15) is 12.1 Å². The maximum atomic E-state index is 5.54. The van der Waals surface area contributed by atoms with Gasteiger partial charge < -0.3 is 10.2 Å². The molecule has 0 atom stereocenters. The summed E-state index contributed by atoms with van der Waals surface area (Å²) in [5, 5.41) is 7.51. The van der Waals surface area contributed by atoms with Crippen LogP contribution in [0.2, 0.25) is 0 Å². The van der Waals surface area contributed by atoms with Gasteiger partial charge in [-0.15, -0.1) is 5.10 Å². The molecule has 3 rings (SSSR count). The first kappa shape index (κ1) is 8.90. The van der Waals surface area contributed by atoms with Crippen LogP contribution in [-0.2, 0) is 6.54 Å². The van der Waals surface area contributed by atoms with E-state index in [0.29, 0.717) is 18.3 Å². The molecule has 0 spiro atoms. The highest BCUT2D eigenvalue weighted by molar-refractivity contribution is 5.72. The predicted molar refractivity (Wildman–Crippen MR) is 57.5 cm³/mol. The van der Waals surface area contributed by atoms with Crippen LogP contribution in [0, 0.1) is 0 Å². The molecule has 16 heavy (non-hydrogen) atoms. The van der Waals surface area contributed by atoms with E-state index in [0.717, 1.165) is 11.1 Å². The van der Waals surface area contributed by atoms with Crippen molar-refractivity contribution in [1.82, 2.24) is 20.0 Å². The van der Waals surface area contributed by atoms with Gasteiger partial charge in [-0.3, -0.25) is 0 Å². The van der Waals surface area contributed by atoms with E-state index in [1.54, 1.807) is 10.9 Å². The Hall–Kier alpha value is -2.37. The highest BCUT2D eigenvalue weighted by Gasteiger charge is 2.06. The number of hydrogen-bond acceptors (Lipinski definition) is 5. The monoisotopic (exact) mass is 215 g/mol. The van der Waals surface area contributed by atoms with Gasteiger partial charge in [-0.1, -0.05) is 17.3 Å². The molecule has 2 aromatic heterocycles. The lowest BCUT2D eigenvalue weighted by Gasteiger charge is -1.92. The van der Waals surface area contributed by atoms with Crippen molar-refractivity contribution < 1.29 is 4.42 Å². The molecule has 0 saturated carbocycles. The van der Waals surface area contributed by atoms with E-state index >= 15 is 0 Å². The molecule has 0 fully saturated rings. The molecule has 2 N–H and O–H groups in total. The number of rotatable bonds is 2. The zero-order valence-electron chi connectivity index (χ0n) is 8.37. The Bertz CT molecular complexity index is 594. The number of aromatic nitrogens is 4. The summed E-state index contributed by atoms with van der Waals surface area (Å²) < 4.78 is 7.12. The number of hydrogen-bond donors (Lipinski definition) is 1. The van der Waals surface area contributed by atoms with E-state index in [9.17, 15) is 0 Å². The fourth-order valence-corrected chi connectivity index (χ4v) is 1.52. The maximum Gasteiger partial charge on any atom is 0.217 e. The highest BCUT2D eigenvalue weighted by atomic mass is 16.3. The summed E-state index contributed by atoms with van der Waals surface area (Å²) in [5.41, 5.74) is 7.07. The molecule has 0 amide bonds. The summed E-state index contributed by atoms with van der Waals surface area (Å²) in [6.45, 7) is 0.429. The van der Waals surface area contributed by atoms with Crippen LogP contribution in [0.4, 0.5) is 5.82 Å². The van der Waals surface area contributed by atoms with Crippen molar-refractivity contribution in [3.8, 4) is 0 Å². The molecule has 80 valence electrons. The Labute approximate surface area is 90.7 Å². The van der Waals surface area contributed by atoms with Crippen LogP contribution in [0.25, 0.3) is 11.1 Å². The second-order valence-electron chi connectivity index (χ2n) is 3.42.